The van der Waals surface area contributed by atoms with E-state index in [9.17, 15) is 14.0 Å². The summed E-state index contributed by atoms with van der Waals surface area (Å²) >= 11 is 1.49. The average molecular weight is 354 g/mol. The third-order valence-corrected chi connectivity index (χ3v) is 5.17. The molecule has 1 saturated heterocycles. The molecule has 2 rings (SSSR count). The van der Waals surface area contributed by atoms with Crippen molar-refractivity contribution in [1.29, 1.82) is 0 Å². The zero-order valence-electron chi connectivity index (χ0n) is 14.0. The number of carbonyl (C=O) groups excluding carboxylic acids is 2. The minimum Gasteiger partial charge on any atom is -0.385 e. The van der Waals surface area contributed by atoms with Crippen LogP contribution >= 0.6 is 11.8 Å². The minimum absolute atomic E-state index is 0.105. The van der Waals surface area contributed by atoms with Crippen LogP contribution in [0.3, 0.4) is 0 Å². The molecular weight excluding hydrogens is 331 g/mol. The number of hydrogen-bond donors (Lipinski definition) is 1. The first-order valence-electron chi connectivity index (χ1n) is 8.03. The monoisotopic (exact) mass is 354 g/mol. The Morgan fingerprint density at radius 2 is 2.25 bits per heavy atom. The molecule has 7 heteroatoms. The summed E-state index contributed by atoms with van der Waals surface area (Å²) in [7, 11) is 1.61. The van der Waals surface area contributed by atoms with Crippen LogP contribution in [-0.2, 0) is 14.3 Å². The second-order valence-electron chi connectivity index (χ2n) is 5.55. The molecule has 2 unspecified atom stereocenters. The molecule has 0 bridgehead atoms. The molecule has 0 aliphatic carbocycles. The molecule has 1 fully saturated rings. The number of thioether (sulfide) groups is 1. The lowest BCUT2D eigenvalue weighted by Gasteiger charge is -2.28. The molecule has 5 nitrogen and oxygen atoms in total. The standard InChI is InChI=1S/C17H23FN2O3S/c1-3-15(21)20-14(16(22)19-8-5-9-23-2)11-24-17(20)12-6-4-7-13(18)10-12/h4,6-7,10,14,17H,3,5,8-9,11H2,1-2H3,(H,19,22). The Hall–Kier alpha value is -1.60. The van der Waals surface area contributed by atoms with Gasteiger partial charge in [0.25, 0.3) is 0 Å². The van der Waals surface area contributed by atoms with Crippen LogP contribution in [0.15, 0.2) is 24.3 Å². The van der Waals surface area contributed by atoms with Gasteiger partial charge < -0.3 is 15.0 Å². The summed E-state index contributed by atoms with van der Waals surface area (Å²) in [5, 5.41) is 2.52. The lowest BCUT2D eigenvalue weighted by Crippen LogP contribution is -2.48. The molecule has 1 aliphatic heterocycles. The van der Waals surface area contributed by atoms with Gasteiger partial charge in [-0.15, -0.1) is 11.8 Å². The van der Waals surface area contributed by atoms with Gasteiger partial charge in [-0.25, -0.2) is 4.39 Å². The number of nitrogens with zero attached hydrogens (tertiary/aromatic N) is 1. The summed E-state index contributed by atoms with van der Waals surface area (Å²) in [6.45, 7) is 2.84. The largest absolute Gasteiger partial charge is 0.385 e. The topological polar surface area (TPSA) is 58.6 Å². The average Bonchev–Trinajstić information content (AvgIpc) is 3.03. The molecule has 0 saturated carbocycles. The Morgan fingerprint density at radius 1 is 1.46 bits per heavy atom. The van der Waals surface area contributed by atoms with E-state index in [0.717, 1.165) is 6.42 Å². The second-order valence-corrected chi connectivity index (χ2v) is 6.66. The Bertz CT molecular complexity index is 585. The van der Waals surface area contributed by atoms with Gasteiger partial charge in [-0.3, -0.25) is 9.59 Å². The Morgan fingerprint density at radius 3 is 2.92 bits per heavy atom. The van der Waals surface area contributed by atoms with Crippen LogP contribution in [0.2, 0.25) is 0 Å². The Kier molecular flexibility index (Phi) is 7.05. The van der Waals surface area contributed by atoms with Crippen LogP contribution in [0.4, 0.5) is 4.39 Å². The van der Waals surface area contributed by atoms with Gasteiger partial charge >= 0.3 is 0 Å². The molecule has 132 valence electrons. The zero-order chi connectivity index (χ0) is 17.5. The zero-order valence-corrected chi connectivity index (χ0v) is 14.8. The van der Waals surface area contributed by atoms with E-state index in [-0.39, 0.29) is 23.0 Å². The quantitative estimate of drug-likeness (QED) is 0.764. The van der Waals surface area contributed by atoms with E-state index in [1.807, 2.05) is 0 Å². The van der Waals surface area contributed by atoms with Crippen molar-refractivity contribution in [2.24, 2.45) is 0 Å². The van der Waals surface area contributed by atoms with Gasteiger partial charge in [-0.1, -0.05) is 19.1 Å². The lowest BCUT2D eigenvalue weighted by atomic mass is 10.1. The number of ether oxygens (including phenoxy) is 1. The maximum absolute atomic E-state index is 13.5. The lowest BCUT2D eigenvalue weighted by molar-refractivity contribution is -0.139. The van der Waals surface area contributed by atoms with Gasteiger partial charge in [0.2, 0.25) is 11.8 Å². The number of halogens is 1. The van der Waals surface area contributed by atoms with Crippen molar-refractivity contribution in [2.75, 3.05) is 26.0 Å². The third kappa shape index (κ3) is 4.48. The van der Waals surface area contributed by atoms with Crippen LogP contribution in [0.1, 0.15) is 30.7 Å². The summed E-state index contributed by atoms with van der Waals surface area (Å²) in [5.41, 5.74) is 0.705. The summed E-state index contributed by atoms with van der Waals surface area (Å²) < 4.78 is 18.5. The fourth-order valence-electron chi connectivity index (χ4n) is 2.66. The summed E-state index contributed by atoms with van der Waals surface area (Å²) in [4.78, 5) is 26.4. The first-order chi connectivity index (χ1) is 11.6. The molecule has 0 spiro atoms. The van der Waals surface area contributed by atoms with Crippen LogP contribution in [0.25, 0.3) is 0 Å². The molecule has 1 aromatic carbocycles. The maximum Gasteiger partial charge on any atom is 0.243 e. The van der Waals surface area contributed by atoms with E-state index in [1.165, 1.54) is 23.9 Å². The first-order valence-corrected chi connectivity index (χ1v) is 9.08. The normalized spacial score (nSPS) is 20.2. The predicted molar refractivity (Wildman–Crippen MR) is 92.0 cm³/mol. The van der Waals surface area contributed by atoms with Gasteiger partial charge in [-0.05, 0) is 24.1 Å². The highest BCUT2D eigenvalue weighted by Gasteiger charge is 2.41. The minimum atomic E-state index is -0.529. The predicted octanol–water partition coefficient (Wildman–Crippen LogP) is 2.33. The molecule has 2 atom stereocenters. The number of benzene rings is 1. The summed E-state index contributed by atoms with van der Waals surface area (Å²) in [6, 6.07) is 5.67. The third-order valence-electron chi connectivity index (χ3n) is 3.85. The molecular formula is C17H23FN2O3S. The van der Waals surface area contributed by atoms with Crippen molar-refractivity contribution in [1.82, 2.24) is 10.2 Å². The Balaban J connectivity index is 2.12. The fourth-order valence-corrected chi connectivity index (χ4v) is 4.10. The van der Waals surface area contributed by atoms with Crippen LogP contribution in [-0.4, -0.2) is 48.8 Å². The van der Waals surface area contributed by atoms with E-state index < -0.39 is 6.04 Å². The van der Waals surface area contributed by atoms with Crippen molar-refractivity contribution in [3.05, 3.63) is 35.6 Å². The highest BCUT2D eigenvalue weighted by molar-refractivity contribution is 7.99. The van der Waals surface area contributed by atoms with Crippen LogP contribution in [0, 0.1) is 5.82 Å². The number of hydrogen-bond acceptors (Lipinski definition) is 4. The van der Waals surface area contributed by atoms with E-state index in [1.54, 1.807) is 31.1 Å². The molecule has 1 aliphatic rings. The number of rotatable bonds is 7. The van der Waals surface area contributed by atoms with E-state index >= 15 is 0 Å². The molecule has 0 aromatic heterocycles. The number of carbonyl (C=O) groups is 2. The van der Waals surface area contributed by atoms with E-state index in [0.29, 0.717) is 30.9 Å². The molecule has 1 aromatic rings. The van der Waals surface area contributed by atoms with Crippen molar-refractivity contribution in [2.45, 2.75) is 31.2 Å². The van der Waals surface area contributed by atoms with Gasteiger partial charge in [0.15, 0.2) is 0 Å². The maximum atomic E-state index is 13.5. The van der Waals surface area contributed by atoms with E-state index in [2.05, 4.69) is 5.32 Å². The van der Waals surface area contributed by atoms with Gasteiger partial charge in [0.05, 0.1) is 0 Å². The van der Waals surface area contributed by atoms with Crippen molar-refractivity contribution < 1.29 is 18.7 Å². The smallest absolute Gasteiger partial charge is 0.243 e. The second kappa shape index (κ2) is 9.03. The highest BCUT2D eigenvalue weighted by Crippen LogP contribution is 2.41. The van der Waals surface area contributed by atoms with Gasteiger partial charge in [0.1, 0.15) is 17.2 Å². The molecule has 2 amide bonds. The van der Waals surface area contributed by atoms with Crippen molar-refractivity contribution in [3.63, 3.8) is 0 Å². The van der Waals surface area contributed by atoms with Crippen LogP contribution in [0.5, 0.6) is 0 Å². The van der Waals surface area contributed by atoms with Crippen LogP contribution < -0.4 is 5.32 Å². The molecule has 1 N–H and O–H groups in total. The van der Waals surface area contributed by atoms with E-state index in [4.69, 9.17) is 4.74 Å². The fraction of sp³-hybridized carbons (Fsp3) is 0.529. The number of methoxy groups -OCH3 is 1. The van der Waals surface area contributed by atoms with Crippen molar-refractivity contribution >= 4 is 23.6 Å². The molecule has 0 radical (unpaired) electrons. The highest BCUT2D eigenvalue weighted by atomic mass is 32.2. The van der Waals surface area contributed by atoms with Gasteiger partial charge in [0, 0.05) is 32.4 Å². The Labute approximate surface area is 145 Å². The summed E-state index contributed by atoms with van der Waals surface area (Å²) in [6.07, 6.45) is 1.02. The number of nitrogens with one attached hydrogen (secondary N) is 1. The van der Waals surface area contributed by atoms with Crippen molar-refractivity contribution in [3.8, 4) is 0 Å². The van der Waals surface area contributed by atoms with Gasteiger partial charge in [-0.2, -0.15) is 0 Å². The number of amides is 2. The molecule has 24 heavy (non-hydrogen) atoms. The SMILES string of the molecule is CCC(=O)N1C(C(=O)NCCCOC)CSC1c1cccc(F)c1. The molecule has 1 heterocycles. The first kappa shape index (κ1) is 18.7. The summed E-state index contributed by atoms with van der Waals surface area (Å²) in [5.74, 6) is -0.113.